The third-order valence-corrected chi connectivity index (χ3v) is 3.33. The van der Waals surface area contributed by atoms with Crippen LogP contribution in [0.1, 0.15) is 12.8 Å². The molecule has 0 spiro atoms. The first-order chi connectivity index (χ1) is 8.45. The minimum Gasteiger partial charge on any atom is -0.480 e. The van der Waals surface area contributed by atoms with E-state index in [0.717, 1.165) is 25.9 Å². The lowest BCUT2D eigenvalue weighted by molar-refractivity contribution is -0.140. The number of aliphatic hydroxyl groups excluding tert-OH is 1. The molecule has 0 saturated carbocycles. The first kappa shape index (κ1) is 14.7. The van der Waals surface area contributed by atoms with E-state index in [0.29, 0.717) is 0 Å². The molecular weight excluding hydrogens is 238 g/mol. The van der Waals surface area contributed by atoms with Gasteiger partial charge in [0.25, 0.3) is 0 Å². The monoisotopic (exact) mass is 259 g/mol. The van der Waals surface area contributed by atoms with Gasteiger partial charge in [-0.25, -0.2) is 9.59 Å². The molecule has 1 saturated heterocycles. The Morgan fingerprint density at radius 2 is 2.00 bits per heavy atom. The number of carboxylic acid groups (broad SMARTS) is 1. The van der Waals surface area contributed by atoms with Crippen molar-refractivity contribution in [2.24, 2.45) is 0 Å². The van der Waals surface area contributed by atoms with Gasteiger partial charge < -0.3 is 25.3 Å². The van der Waals surface area contributed by atoms with Crippen LogP contribution in [0.3, 0.4) is 0 Å². The van der Waals surface area contributed by atoms with Gasteiger partial charge in [-0.15, -0.1) is 0 Å². The average Bonchev–Trinajstić information content (AvgIpc) is 2.35. The van der Waals surface area contributed by atoms with Gasteiger partial charge in [-0.2, -0.15) is 0 Å². The number of nitrogens with one attached hydrogen (secondary N) is 1. The van der Waals surface area contributed by atoms with E-state index >= 15 is 0 Å². The zero-order chi connectivity index (χ0) is 13.7. The van der Waals surface area contributed by atoms with Gasteiger partial charge in [0.2, 0.25) is 0 Å². The Hall–Kier alpha value is -1.34. The lowest BCUT2D eigenvalue weighted by atomic mass is 10.0. The van der Waals surface area contributed by atoms with Crippen LogP contribution >= 0.6 is 0 Å². The second-order valence-electron chi connectivity index (χ2n) is 4.67. The molecule has 0 unspecified atom stereocenters. The summed E-state index contributed by atoms with van der Waals surface area (Å²) in [7, 11) is 3.68. The molecule has 3 N–H and O–H groups in total. The number of nitrogens with zero attached hydrogens (tertiary/aromatic N) is 2. The first-order valence-corrected chi connectivity index (χ1v) is 6.01. The molecule has 1 fully saturated rings. The molecule has 0 aliphatic carbocycles. The normalized spacial score (nSPS) is 19.3. The summed E-state index contributed by atoms with van der Waals surface area (Å²) < 4.78 is 0. The Bertz CT molecular complexity index is 303. The van der Waals surface area contributed by atoms with Crippen molar-refractivity contribution >= 4 is 12.0 Å². The largest absolute Gasteiger partial charge is 0.480 e. The van der Waals surface area contributed by atoms with Crippen LogP contribution in [0, 0.1) is 0 Å². The molecule has 0 radical (unpaired) electrons. The molecule has 104 valence electrons. The van der Waals surface area contributed by atoms with E-state index in [2.05, 4.69) is 10.2 Å². The van der Waals surface area contributed by atoms with Crippen molar-refractivity contribution in [2.45, 2.75) is 24.9 Å². The van der Waals surface area contributed by atoms with E-state index in [9.17, 15) is 9.59 Å². The van der Waals surface area contributed by atoms with Crippen LogP contribution in [0.2, 0.25) is 0 Å². The third-order valence-electron chi connectivity index (χ3n) is 3.33. The summed E-state index contributed by atoms with van der Waals surface area (Å²) in [4.78, 5) is 26.2. The van der Waals surface area contributed by atoms with Gasteiger partial charge in [0.1, 0.15) is 0 Å². The number of piperidine rings is 1. The number of rotatable bonds is 4. The maximum Gasteiger partial charge on any atom is 0.328 e. The molecule has 1 rings (SSSR count). The molecule has 0 aromatic carbocycles. The zero-order valence-corrected chi connectivity index (χ0v) is 10.8. The van der Waals surface area contributed by atoms with Gasteiger partial charge >= 0.3 is 12.0 Å². The van der Waals surface area contributed by atoms with E-state index in [1.807, 2.05) is 7.05 Å². The summed E-state index contributed by atoms with van der Waals surface area (Å²) in [6, 6.07) is -1.58. The summed E-state index contributed by atoms with van der Waals surface area (Å²) in [5.41, 5.74) is 0. The van der Waals surface area contributed by atoms with Crippen LogP contribution in [0.5, 0.6) is 0 Å². The summed E-state index contributed by atoms with van der Waals surface area (Å²) in [5.74, 6) is -1.23. The zero-order valence-electron chi connectivity index (χ0n) is 10.8. The summed E-state index contributed by atoms with van der Waals surface area (Å²) in [6.45, 7) is 1.23. The SMILES string of the molecule is CN1CCC(N(C)C(=O)N[C@@H](CO)C(=O)O)CC1. The number of carboxylic acids is 1. The molecule has 1 heterocycles. The van der Waals surface area contributed by atoms with Crippen LogP contribution < -0.4 is 5.32 Å². The number of hydrogen-bond acceptors (Lipinski definition) is 4. The number of likely N-dealkylation sites (tertiary alicyclic amines) is 1. The van der Waals surface area contributed by atoms with Crippen molar-refractivity contribution in [3.8, 4) is 0 Å². The predicted molar refractivity (Wildman–Crippen MR) is 65.3 cm³/mol. The van der Waals surface area contributed by atoms with Crippen molar-refractivity contribution in [1.29, 1.82) is 0 Å². The van der Waals surface area contributed by atoms with E-state index < -0.39 is 24.6 Å². The van der Waals surface area contributed by atoms with Gasteiger partial charge in [0, 0.05) is 13.1 Å². The number of aliphatic hydroxyl groups is 1. The lowest BCUT2D eigenvalue weighted by Crippen LogP contribution is -2.53. The second kappa shape index (κ2) is 6.55. The van der Waals surface area contributed by atoms with E-state index in [4.69, 9.17) is 10.2 Å². The molecule has 18 heavy (non-hydrogen) atoms. The average molecular weight is 259 g/mol. The van der Waals surface area contributed by atoms with Gasteiger partial charge in [-0.05, 0) is 33.0 Å². The molecule has 0 aromatic rings. The first-order valence-electron chi connectivity index (χ1n) is 6.01. The maximum atomic E-state index is 11.8. The number of carbonyl (C=O) groups excluding carboxylic acids is 1. The van der Waals surface area contributed by atoms with Crippen LogP contribution in [0.4, 0.5) is 4.79 Å². The predicted octanol–water partition coefficient (Wildman–Crippen LogP) is -0.832. The minimum atomic E-state index is -1.24. The maximum absolute atomic E-state index is 11.8. The summed E-state index contributed by atoms with van der Waals surface area (Å²) >= 11 is 0. The Labute approximate surface area is 106 Å². The summed E-state index contributed by atoms with van der Waals surface area (Å²) in [6.07, 6.45) is 1.74. The highest BCUT2D eigenvalue weighted by Crippen LogP contribution is 2.14. The fourth-order valence-corrected chi connectivity index (χ4v) is 1.98. The number of urea groups is 1. The standard InChI is InChI=1S/C11H21N3O4/c1-13-5-3-8(4-6-13)14(2)11(18)12-9(7-15)10(16)17/h8-9,15H,3-7H2,1-2H3,(H,12,18)(H,16,17)/t9-/m0/s1. The molecule has 2 amide bonds. The van der Waals surface area contributed by atoms with Gasteiger partial charge in [-0.3, -0.25) is 0 Å². The van der Waals surface area contributed by atoms with Crippen molar-refractivity contribution in [3.05, 3.63) is 0 Å². The molecule has 1 atom stereocenters. The fourth-order valence-electron chi connectivity index (χ4n) is 1.98. The topological polar surface area (TPSA) is 93.1 Å². The van der Waals surface area contributed by atoms with E-state index in [1.165, 1.54) is 4.90 Å². The van der Waals surface area contributed by atoms with Crippen LogP contribution in [0.25, 0.3) is 0 Å². The van der Waals surface area contributed by atoms with Crippen LogP contribution in [0.15, 0.2) is 0 Å². The Kier molecular flexibility index (Phi) is 5.36. The van der Waals surface area contributed by atoms with Crippen molar-refractivity contribution in [2.75, 3.05) is 33.8 Å². The number of carbonyl (C=O) groups is 2. The van der Waals surface area contributed by atoms with Crippen LogP contribution in [-0.4, -0.2) is 77.9 Å². The second-order valence-corrected chi connectivity index (χ2v) is 4.67. The van der Waals surface area contributed by atoms with Gasteiger partial charge in [0.05, 0.1) is 6.61 Å². The third kappa shape index (κ3) is 3.85. The fraction of sp³-hybridized carbons (Fsp3) is 0.818. The van der Waals surface area contributed by atoms with Crippen molar-refractivity contribution < 1.29 is 19.8 Å². The molecular formula is C11H21N3O4. The van der Waals surface area contributed by atoms with Crippen molar-refractivity contribution in [1.82, 2.24) is 15.1 Å². The Morgan fingerprint density at radius 3 is 2.44 bits per heavy atom. The number of aliphatic carboxylic acids is 1. The summed E-state index contributed by atoms with van der Waals surface area (Å²) in [5, 5.41) is 19.9. The van der Waals surface area contributed by atoms with Gasteiger partial charge in [0.15, 0.2) is 6.04 Å². The minimum absolute atomic E-state index is 0.120. The molecule has 1 aliphatic heterocycles. The number of amides is 2. The molecule has 7 nitrogen and oxygen atoms in total. The van der Waals surface area contributed by atoms with Crippen molar-refractivity contribution in [3.63, 3.8) is 0 Å². The van der Waals surface area contributed by atoms with Gasteiger partial charge in [-0.1, -0.05) is 0 Å². The van der Waals surface area contributed by atoms with E-state index in [-0.39, 0.29) is 6.04 Å². The Morgan fingerprint density at radius 1 is 1.44 bits per heavy atom. The number of hydrogen-bond donors (Lipinski definition) is 3. The molecule has 1 aliphatic rings. The Balaban J connectivity index is 2.48. The molecule has 0 bridgehead atoms. The van der Waals surface area contributed by atoms with E-state index in [1.54, 1.807) is 7.05 Å². The molecule has 0 aromatic heterocycles. The highest BCUT2D eigenvalue weighted by molar-refractivity contribution is 5.82. The quantitative estimate of drug-likeness (QED) is 0.612. The highest BCUT2D eigenvalue weighted by atomic mass is 16.4. The molecule has 7 heteroatoms. The smallest absolute Gasteiger partial charge is 0.328 e. The highest BCUT2D eigenvalue weighted by Gasteiger charge is 2.26. The lowest BCUT2D eigenvalue weighted by Gasteiger charge is -2.35. The van der Waals surface area contributed by atoms with Crippen LogP contribution in [-0.2, 0) is 4.79 Å².